The standard InChI is InChI=1S/C18H24N6O3/c1-11-18(12(2)23-22-11)21-17(26)5-4-14-8-19-9-15(20-14)16-10-24(13(3)25)6-7-27-16/h8-9,16H,4-7,10H2,1-3H3,(H,21,26)(H,22,23). The predicted octanol–water partition coefficient (Wildman–Crippen LogP) is 1.31. The molecule has 1 saturated heterocycles. The molecule has 1 aliphatic rings. The van der Waals surface area contributed by atoms with Crippen molar-refractivity contribution < 1.29 is 14.3 Å². The fourth-order valence-electron chi connectivity index (χ4n) is 2.99. The van der Waals surface area contributed by atoms with Crippen LogP contribution in [0.25, 0.3) is 0 Å². The number of rotatable bonds is 5. The highest BCUT2D eigenvalue weighted by Gasteiger charge is 2.25. The number of hydrogen-bond acceptors (Lipinski definition) is 6. The van der Waals surface area contributed by atoms with Crippen LogP contribution < -0.4 is 5.32 Å². The number of carbonyl (C=O) groups is 2. The number of amides is 2. The largest absolute Gasteiger partial charge is 0.368 e. The Kier molecular flexibility index (Phi) is 5.80. The lowest BCUT2D eigenvalue weighted by molar-refractivity contribution is -0.136. The molecule has 1 atom stereocenters. The van der Waals surface area contributed by atoms with Gasteiger partial charge in [0.15, 0.2) is 0 Å². The van der Waals surface area contributed by atoms with Crippen LogP contribution in [-0.2, 0) is 20.7 Å². The molecule has 2 aromatic rings. The Morgan fingerprint density at radius 3 is 2.89 bits per heavy atom. The van der Waals surface area contributed by atoms with Gasteiger partial charge in [-0.05, 0) is 20.3 Å². The van der Waals surface area contributed by atoms with Gasteiger partial charge in [0.2, 0.25) is 11.8 Å². The number of aromatic nitrogens is 4. The molecule has 1 fully saturated rings. The first-order chi connectivity index (χ1) is 12.9. The molecule has 0 bridgehead atoms. The molecule has 0 saturated carbocycles. The molecule has 0 aliphatic carbocycles. The van der Waals surface area contributed by atoms with Gasteiger partial charge in [-0.2, -0.15) is 5.10 Å². The molecule has 9 heteroatoms. The minimum absolute atomic E-state index is 0.0221. The maximum absolute atomic E-state index is 12.2. The van der Waals surface area contributed by atoms with Gasteiger partial charge < -0.3 is 15.0 Å². The van der Waals surface area contributed by atoms with E-state index in [-0.39, 0.29) is 24.3 Å². The number of carbonyl (C=O) groups excluding carboxylic acids is 2. The summed E-state index contributed by atoms with van der Waals surface area (Å²) in [6.07, 6.45) is 3.76. The summed E-state index contributed by atoms with van der Waals surface area (Å²) in [5.74, 6) is -0.0830. The molecule has 144 valence electrons. The van der Waals surface area contributed by atoms with E-state index >= 15 is 0 Å². The minimum atomic E-state index is -0.292. The Bertz CT molecular complexity index is 815. The van der Waals surface area contributed by atoms with Crippen molar-refractivity contribution in [2.45, 2.75) is 39.7 Å². The van der Waals surface area contributed by atoms with E-state index in [4.69, 9.17) is 4.74 Å². The zero-order valence-corrected chi connectivity index (χ0v) is 15.8. The third-order valence-corrected chi connectivity index (χ3v) is 4.55. The number of aromatic amines is 1. The maximum Gasteiger partial charge on any atom is 0.224 e. The van der Waals surface area contributed by atoms with Gasteiger partial charge >= 0.3 is 0 Å². The number of hydrogen-bond donors (Lipinski definition) is 2. The van der Waals surface area contributed by atoms with Gasteiger partial charge in [0.25, 0.3) is 0 Å². The zero-order chi connectivity index (χ0) is 19.4. The highest BCUT2D eigenvalue weighted by molar-refractivity contribution is 5.91. The summed E-state index contributed by atoms with van der Waals surface area (Å²) in [6.45, 7) is 6.77. The van der Waals surface area contributed by atoms with E-state index < -0.39 is 0 Å². The summed E-state index contributed by atoms with van der Waals surface area (Å²) < 4.78 is 5.74. The lowest BCUT2D eigenvalue weighted by atomic mass is 10.2. The number of ether oxygens (including phenoxy) is 1. The average molecular weight is 372 g/mol. The summed E-state index contributed by atoms with van der Waals surface area (Å²) in [5.41, 5.74) is 3.70. The van der Waals surface area contributed by atoms with Gasteiger partial charge in [0.1, 0.15) is 6.10 Å². The monoisotopic (exact) mass is 372 g/mol. The van der Waals surface area contributed by atoms with Crippen LogP contribution in [0.15, 0.2) is 12.4 Å². The van der Waals surface area contributed by atoms with Crippen molar-refractivity contribution in [3.8, 4) is 0 Å². The van der Waals surface area contributed by atoms with Crippen molar-refractivity contribution in [1.82, 2.24) is 25.1 Å². The van der Waals surface area contributed by atoms with Crippen molar-refractivity contribution in [1.29, 1.82) is 0 Å². The van der Waals surface area contributed by atoms with Crippen molar-refractivity contribution in [2.75, 3.05) is 25.0 Å². The topological polar surface area (TPSA) is 113 Å². The van der Waals surface area contributed by atoms with Crippen molar-refractivity contribution in [3.63, 3.8) is 0 Å². The van der Waals surface area contributed by atoms with E-state index in [0.717, 1.165) is 17.1 Å². The van der Waals surface area contributed by atoms with Crippen LogP contribution in [0.3, 0.4) is 0 Å². The van der Waals surface area contributed by atoms with Crippen LogP contribution in [0.4, 0.5) is 5.69 Å². The quantitative estimate of drug-likeness (QED) is 0.818. The highest BCUT2D eigenvalue weighted by atomic mass is 16.5. The Labute approximate surface area is 157 Å². The molecule has 3 heterocycles. The molecule has 2 aromatic heterocycles. The summed E-state index contributed by atoms with van der Waals surface area (Å²) in [6, 6.07) is 0. The Hall–Kier alpha value is -2.81. The number of H-pyrrole nitrogens is 1. The van der Waals surface area contributed by atoms with Crippen LogP contribution in [-0.4, -0.2) is 56.6 Å². The second-order valence-corrected chi connectivity index (χ2v) is 6.62. The Balaban J connectivity index is 1.59. The molecule has 2 amide bonds. The first kappa shape index (κ1) is 19.0. The van der Waals surface area contributed by atoms with Crippen LogP contribution in [0.5, 0.6) is 0 Å². The van der Waals surface area contributed by atoms with Gasteiger partial charge in [-0.1, -0.05) is 0 Å². The number of anilines is 1. The molecule has 9 nitrogen and oxygen atoms in total. The number of aryl methyl sites for hydroxylation is 3. The second kappa shape index (κ2) is 8.26. The van der Waals surface area contributed by atoms with Crippen molar-refractivity contribution in [2.24, 2.45) is 0 Å². The molecule has 0 radical (unpaired) electrons. The maximum atomic E-state index is 12.2. The van der Waals surface area contributed by atoms with E-state index in [1.807, 2.05) is 13.8 Å². The SMILES string of the molecule is CC(=O)N1CCOC(c2cncc(CCC(=O)Nc3c(C)n[nH]c3C)n2)C1. The van der Waals surface area contributed by atoms with Crippen LogP contribution in [0, 0.1) is 13.8 Å². The third-order valence-electron chi connectivity index (χ3n) is 4.55. The Morgan fingerprint density at radius 1 is 1.37 bits per heavy atom. The van der Waals surface area contributed by atoms with Crippen LogP contribution in [0.2, 0.25) is 0 Å². The molecule has 27 heavy (non-hydrogen) atoms. The van der Waals surface area contributed by atoms with Crippen LogP contribution >= 0.6 is 0 Å². The van der Waals surface area contributed by atoms with E-state index in [1.165, 1.54) is 0 Å². The lowest BCUT2D eigenvalue weighted by Crippen LogP contribution is -2.41. The van der Waals surface area contributed by atoms with Crippen molar-refractivity contribution in [3.05, 3.63) is 35.2 Å². The Morgan fingerprint density at radius 2 is 2.19 bits per heavy atom. The van der Waals surface area contributed by atoms with E-state index in [0.29, 0.717) is 37.5 Å². The van der Waals surface area contributed by atoms with Gasteiger partial charge in [0.05, 0.1) is 47.8 Å². The number of nitrogens with zero attached hydrogens (tertiary/aromatic N) is 4. The van der Waals surface area contributed by atoms with E-state index in [9.17, 15) is 9.59 Å². The third kappa shape index (κ3) is 4.68. The molecule has 0 spiro atoms. The predicted molar refractivity (Wildman–Crippen MR) is 98.0 cm³/mol. The summed E-state index contributed by atoms with van der Waals surface area (Å²) in [7, 11) is 0. The van der Waals surface area contributed by atoms with Gasteiger partial charge in [-0.15, -0.1) is 0 Å². The summed E-state index contributed by atoms with van der Waals surface area (Å²) in [5, 5.41) is 9.78. The summed E-state index contributed by atoms with van der Waals surface area (Å²) >= 11 is 0. The van der Waals surface area contributed by atoms with E-state index in [1.54, 1.807) is 24.2 Å². The van der Waals surface area contributed by atoms with Gasteiger partial charge in [0, 0.05) is 26.1 Å². The van der Waals surface area contributed by atoms with Gasteiger partial charge in [-0.25, -0.2) is 0 Å². The minimum Gasteiger partial charge on any atom is -0.368 e. The molecule has 0 aromatic carbocycles. The molecule has 2 N–H and O–H groups in total. The molecule has 1 unspecified atom stereocenters. The number of nitrogens with one attached hydrogen (secondary N) is 2. The highest BCUT2D eigenvalue weighted by Crippen LogP contribution is 2.21. The fourth-order valence-corrected chi connectivity index (χ4v) is 2.99. The number of morpholine rings is 1. The first-order valence-corrected chi connectivity index (χ1v) is 8.93. The van der Waals surface area contributed by atoms with Gasteiger partial charge in [-0.3, -0.25) is 24.7 Å². The normalized spacial score (nSPS) is 17.0. The zero-order valence-electron chi connectivity index (χ0n) is 15.8. The fraction of sp³-hybridized carbons (Fsp3) is 0.500. The lowest BCUT2D eigenvalue weighted by Gasteiger charge is -2.31. The molecular weight excluding hydrogens is 348 g/mol. The summed E-state index contributed by atoms with van der Waals surface area (Å²) in [4.78, 5) is 34.3. The molecular formula is C18H24N6O3. The first-order valence-electron chi connectivity index (χ1n) is 8.93. The van der Waals surface area contributed by atoms with E-state index in [2.05, 4.69) is 25.5 Å². The average Bonchev–Trinajstić information content (AvgIpc) is 2.98. The van der Waals surface area contributed by atoms with Crippen molar-refractivity contribution >= 4 is 17.5 Å². The van der Waals surface area contributed by atoms with Crippen LogP contribution in [0.1, 0.15) is 42.2 Å². The smallest absolute Gasteiger partial charge is 0.224 e. The second-order valence-electron chi connectivity index (χ2n) is 6.62. The molecule has 3 rings (SSSR count). The molecule has 1 aliphatic heterocycles.